The molecule has 1 rings (SSSR count). The quantitative estimate of drug-likeness (QED) is 0.720. The van der Waals surface area contributed by atoms with Crippen molar-refractivity contribution in [2.45, 2.75) is 60.5 Å². The van der Waals surface area contributed by atoms with E-state index in [4.69, 9.17) is 0 Å². The van der Waals surface area contributed by atoms with Crippen molar-refractivity contribution < 1.29 is 5.11 Å². The zero-order valence-electron chi connectivity index (χ0n) is 12.2. The van der Waals surface area contributed by atoms with Gasteiger partial charge in [-0.15, -0.1) is 0 Å². The van der Waals surface area contributed by atoms with Gasteiger partial charge < -0.3 is 5.11 Å². The first-order chi connectivity index (χ1) is 7.71. The summed E-state index contributed by atoms with van der Waals surface area (Å²) in [4.78, 5) is 0. The second-order valence-electron chi connectivity index (χ2n) is 6.56. The van der Waals surface area contributed by atoms with Crippen LogP contribution in [0.4, 0.5) is 0 Å². The van der Waals surface area contributed by atoms with Crippen LogP contribution in [0, 0.1) is 16.7 Å². The molecule has 0 unspecified atom stereocenters. The van der Waals surface area contributed by atoms with Gasteiger partial charge in [-0.1, -0.05) is 58.4 Å². The van der Waals surface area contributed by atoms with Crippen molar-refractivity contribution in [3.8, 4) is 0 Å². The summed E-state index contributed by atoms with van der Waals surface area (Å²) in [6.07, 6.45) is 8.55. The van der Waals surface area contributed by atoms with Crippen LogP contribution in [0.2, 0.25) is 0 Å². The predicted octanol–water partition coefficient (Wildman–Crippen LogP) is 4.33. The van der Waals surface area contributed by atoms with Gasteiger partial charge in [0.05, 0.1) is 6.10 Å². The Balaban J connectivity index is 2.74. The molecule has 1 aliphatic rings. The van der Waals surface area contributed by atoms with Gasteiger partial charge in [0.25, 0.3) is 0 Å². The van der Waals surface area contributed by atoms with E-state index in [0.29, 0.717) is 5.92 Å². The van der Waals surface area contributed by atoms with Crippen molar-refractivity contribution in [3.05, 3.63) is 23.8 Å². The third-order valence-electron chi connectivity index (χ3n) is 4.62. The Morgan fingerprint density at radius 3 is 2.53 bits per heavy atom. The van der Waals surface area contributed by atoms with E-state index in [-0.39, 0.29) is 16.9 Å². The molecule has 0 saturated heterocycles. The molecule has 0 aromatic heterocycles. The highest BCUT2D eigenvalue weighted by atomic mass is 16.3. The summed E-state index contributed by atoms with van der Waals surface area (Å²) in [6, 6.07) is 0. The molecule has 0 amide bonds. The van der Waals surface area contributed by atoms with E-state index in [1.807, 2.05) is 6.92 Å². The Morgan fingerprint density at radius 1 is 1.53 bits per heavy atom. The Bertz CT molecular complexity index is 320. The maximum absolute atomic E-state index is 9.98. The van der Waals surface area contributed by atoms with Crippen molar-refractivity contribution in [2.75, 3.05) is 0 Å². The molecular weight excluding hydrogens is 208 g/mol. The van der Waals surface area contributed by atoms with E-state index in [0.717, 1.165) is 12.8 Å². The monoisotopic (exact) mass is 236 g/mol. The largest absolute Gasteiger partial charge is 0.392 e. The van der Waals surface area contributed by atoms with E-state index in [1.54, 1.807) is 0 Å². The summed E-state index contributed by atoms with van der Waals surface area (Å²) in [5, 5.41) is 9.98. The molecule has 0 radical (unpaired) electrons. The molecule has 0 heterocycles. The highest BCUT2D eigenvalue weighted by molar-refractivity contribution is 5.22. The van der Waals surface area contributed by atoms with E-state index in [2.05, 4.69) is 52.8 Å². The SMILES string of the molecule is CC[C@H](O)C(C)(C)/C=C/[C@@H]1CC=C(C)C1(C)C. The second-order valence-corrected chi connectivity index (χ2v) is 6.56. The summed E-state index contributed by atoms with van der Waals surface area (Å²) < 4.78 is 0. The molecule has 1 aliphatic carbocycles. The molecule has 0 aromatic carbocycles. The van der Waals surface area contributed by atoms with Crippen LogP contribution in [0.15, 0.2) is 23.8 Å². The van der Waals surface area contributed by atoms with Gasteiger partial charge in [0.2, 0.25) is 0 Å². The van der Waals surface area contributed by atoms with Gasteiger partial charge in [0, 0.05) is 5.41 Å². The van der Waals surface area contributed by atoms with E-state index in [9.17, 15) is 5.11 Å². The number of hydrogen-bond acceptors (Lipinski definition) is 1. The lowest BCUT2D eigenvalue weighted by Crippen LogP contribution is -2.27. The van der Waals surface area contributed by atoms with E-state index < -0.39 is 0 Å². The van der Waals surface area contributed by atoms with Crippen molar-refractivity contribution in [2.24, 2.45) is 16.7 Å². The molecular formula is C16H28O. The van der Waals surface area contributed by atoms with Gasteiger partial charge in [0.1, 0.15) is 0 Å². The molecule has 98 valence electrons. The number of rotatable bonds is 4. The fourth-order valence-electron chi connectivity index (χ4n) is 2.47. The van der Waals surface area contributed by atoms with Gasteiger partial charge in [-0.05, 0) is 31.1 Å². The average molecular weight is 236 g/mol. The van der Waals surface area contributed by atoms with Crippen LogP contribution >= 0.6 is 0 Å². The zero-order chi connectivity index (χ0) is 13.3. The van der Waals surface area contributed by atoms with Crippen molar-refractivity contribution in [1.29, 1.82) is 0 Å². The fourth-order valence-corrected chi connectivity index (χ4v) is 2.47. The topological polar surface area (TPSA) is 20.2 Å². The van der Waals surface area contributed by atoms with Crippen molar-refractivity contribution in [1.82, 2.24) is 0 Å². The summed E-state index contributed by atoms with van der Waals surface area (Å²) >= 11 is 0. The number of hydrogen-bond donors (Lipinski definition) is 1. The van der Waals surface area contributed by atoms with Crippen LogP contribution in [-0.2, 0) is 0 Å². The third-order valence-corrected chi connectivity index (χ3v) is 4.62. The molecule has 1 nitrogen and oxygen atoms in total. The molecule has 0 saturated carbocycles. The van der Waals surface area contributed by atoms with Gasteiger partial charge in [-0.3, -0.25) is 0 Å². The summed E-state index contributed by atoms with van der Waals surface area (Å²) in [5.74, 6) is 0.575. The summed E-state index contributed by atoms with van der Waals surface area (Å²) in [6.45, 7) is 13.1. The first kappa shape index (κ1) is 14.5. The van der Waals surface area contributed by atoms with Crippen molar-refractivity contribution >= 4 is 0 Å². The smallest absolute Gasteiger partial charge is 0.0622 e. The lowest BCUT2D eigenvalue weighted by atomic mass is 9.76. The maximum atomic E-state index is 9.98. The first-order valence-electron chi connectivity index (χ1n) is 6.76. The summed E-state index contributed by atoms with van der Waals surface area (Å²) in [7, 11) is 0. The lowest BCUT2D eigenvalue weighted by molar-refractivity contribution is 0.0780. The third kappa shape index (κ3) is 3.01. The highest BCUT2D eigenvalue weighted by Gasteiger charge is 2.33. The number of aliphatic hydroxyl groups excluding tert-OH is 1. The van der Waals surface area contributed by atoms with Crippen molar-refractivity contribution in [3.63, 3.8) is 0 Å². The standard InChI is InChI=1S/C16H28O/c1-7-14(17)15(3,4)11-10-13-9-8-12(2)16(13,5)6/h8,10-11,13-14,17H,7,9H2,1-6H3/b11-10+/t13-,14-/m0/s1. The van der Waals surface area contributed by atoms with E-state index in [1.165, 1.54) is 5.57 Å². The number of aliphatic hydroxyl groups is 1. The van der Waals surface area contributed by atoms with E-state index >= 15 is 0 Å². The predicted molar refractivity (Wildman–Crippen MR) is 74.9 cm³/mol. The minimum Gasteiger partial charge on any atom is -0.392 e. The molecule has 0 aliphatic heterocycles. The van der Waals surface area contributed by atoms with Gasteiger partial charge in [-0.25, -0.2) is 0 Å². The molecule has 1 N–H and O–H groups in total. The Morgan fingerprint density at radius 2 is 2.12 bits per heavy atom. The van der Waals surface area contributed by atoms with Crippen LogP contribution in [0.25, 0.3) is 0 Å². The fraction of sp³-hybridized carbons (Fsp3) is 0.750. The minimum absolute atomic E-state index is 0.124. The van der Waals surface area contributed by atoms with Crippen LogP contribution in [0.5, 0.6) is 0 Å². The molecule has 17 heavy (non-hydrogen) atoms. The minimum atomic E-state index is -0.252. The van der Waals surface area contributed by atoms with Crippen LogP contribution in [0.1, 0.15) is 54.4 Å². The molecule has 0 spiro atoms. The Hall–Kier alpha value is -0.560. The maximum Gasteiger partial charge on any atom is 0.0622 e. The van der Waals surface area contributed by atoms with Crippen LogP contribution in [0.3, 0.4) is 0 Å². The molecule has 0 fully saturated rings. The molecule has 0 aromatic rings. The van der Waals surface area contributed by atoms with Crippen LogP contribution in [-0.4, -0.2) is 11.2 Å². The zero-order valence-corrected chi connectivity index (χ0v) is 12.2. The lowest BCUT2D eigenvalue weighted by Gasteiger charge is -2.30. The Kier molecular flexibility index (Phi) is 4.24. The highest BCUT2D eigenvalue weighted by Crippen LogP contribution is 2.44. The molecule has 1 heteroatoms. The average Bonchev–Trinajstić information content (AvgIpc) is 2.50. The van der Waals surface area contributed by atoms with Gasteiger partial charge in [0.15, 0.2) is 0 Å². The van der Waals surface area contributed by atoms with Gasteiger partial charge in [-0.2, -0.15) is 0 Å². The molecule has 0 bridgehead atoms. The summed E-state index contributed by atoms with van der Waals surface area (Å²) in [5.41, 5.74) is 1.63. The first-order valence-corrected chi connectivity index (χ1v) is 6.76. The normalized spacial score (nSPS) is 26.3. The van der Waals surface area contributed by atoms with Gasteiger partial charge >= 0.3 is 0 Å². The second kappa shape index (κ2) is 4.97. The Labute approximate surface area is 107 Å². The van der Waals surface area contributed by atoms with Crippen LogP contribution < -0.4 is 0 Å². The molecule has 2 atom stereocenters. The number of allylic oxidation sites excluding steroid dienone is 3.